The fraction of sp³-hybridized carbons (Fsp3) is 0.238. The molecule has 0 aliphatic rings. The van der Waals surface area contributed by atoms with E-state index in [-0.39, 0.29) is 12.7 Å². The van der Waals surface area contributed by atoms with Crippen molar-refractivity contribution >= 4 is 26.8 Å². The molecule has 0 saturated carbocycles. The van der Waals surface area contributed by atoms with Gasteiger partial charge >= 0.3 is 0 Å². The number of ether oxygens (including phenoxy) is 1. The molecule has 0 radical (unpaired) electrons. The number of hydrogen-bond acceptors (Lipinski definition) is 6. The minimum Gasteiger partial charge on any atom is -0.389 e. The number of hydrogen-bond donors (Lipinski definition) is 1. The smallest absolute Gasteiger partial charge is 0.137 e. The third-order valence-corrected chi connectivity index (χ3v) is 5.04. The topological polar surface area (TPSA) is 86.0 Å². The van der Waals surface area contributed by atoms with Crippen LogP contribution in [0.25, 0.3) is 10.9 Å². The lowest BCUT2D eigenvalue weighted by molar-refractivity contribution is -0.00151. The molecule has 3 heterocycles. The highest BCUT2D eigenvalue weighted by Gasteiger charge is 2.21. The molecule has 8 heteroatoms. The summed E-state index contributed by atoms with van der Waals surface area (Å²) in [5.74, 6) is 0. The van der Waals surface area contributed by atoms with Crippen molar-refractivity contribution in [1.29, 1.82) is 0 Å². The van der Waals surface area contributed by atoms with E-state index in [9.17, 15) is 5.11 Å². The third kappa shape index (κ3) is 4.67. The van der Waals surface area contributed by atoms with Crippen LogP contribution in [0.15, 0.2) is 65.9 Å². The van der Waals surface area contributed by atoms with E-state index in [1.165, 1.54) is 6.33 Å². The number of aliphatic hydroxyl groups is 1. The molecule has 2 atom stereocenters. The Morgan fingerprint density at radius 1 is 1.14 bits per heavy atom. The lowest BCUT2D eigenvalue weighted by Gasteiger charge is -2.22. The maximum absolute atomic E-state index is 10.4. The van der Waals surface area contributed by atoms with Crippen molar-refractivity contribution in [3.63, 3.8) is 0 Å². The van der Waals surface area contributed by atoms with Gasteiger partial charge in [0.25, 0.3) is 0 Å². The van der Waals surface area contributed by atoms with Crippen molar-refractivity contribution in [1.82, 2.24) is 24.7 Å². The van der Waals surface area contributed by atoms with Crippen LogP contribution in [-0.4, -0.2) is 42.5 Å². The molecular weight excluding hydrogens is 434 g/mol. The Labute approximate surface area is 176 Å². The van der Waals surface area contributed by atoms with Gasteiger partial charge in [-0.2, -0.15) is 5.10 Å². The number of benzene rings is 1. The van der Waals surface area contributed by atoms with E-state index >= 15 is 0 Å². The second kappa shape index (κ2) is 8.77. The van der Waals surface area contributed by atoms with Crippen LogP contribution >= 0.6 is 15.9 Å². The molecule has 1 aromatic carbocycles. The average molecular weight is 454 g/mol. The molecule has 29 heavy (non-hydrogen) atoms. The minimum atomic E-state index is -0.720. The Bertz CT molecular complexity index is 1090. The highest BCUT2D eigenvalue weighted by atomic mass is 79.9. The molecule has 0 spiro atoms. The van der Waals surface area contributed by atoms with Crippen molar-refractivity contribution in [2.75, 3.05) is 6.61 Å². The Kier molecular flexibility index (Phi) is 5.94. The van der Waals surface area contributed by atoms with Crippen LogP contribution in [0.2, 0.25) is 0 Å². The number of aromatic nitrogens is 5. The second-order valence-corrected chi connectivity index (χ2v) is 7.70. The molecule has 7 nitrogen and oxygen atoms in total. The summed E-state index contributed by atoms with van der Waals surface area (Å²) in [6.45, 7) is 2.42. The van der Waals surface area contributed by atoms with E-state index in [4.69, 9.17) is 4.74 Å². The van der Waals surface area contributed by atoms with Crippen LogP contribution in [0.3, 0.4) is 0 Å². The fourth-order valence-electron chi connectivity index (χ4n) is 3.29. The lowest BCUT2D eigenvalue weighted by atomic mass is 9.97. The van der Waals surface area contributed by atoms with Gasteiger partial charge in [0.2, 0.25) is 0 Å². The zero-order chi connectivity index (χ0) is 20.2. The summed E-state index contributed by atoms with van der Waals surface area (Å²) < 4.78 is 8.80. The molecule has 0 saturated heterocycles. The summed E-state index contributed by atoms with van der Waals surface area (Å²) in [6.07, 6.45) is 5.40. The molecular formula is C21H20BrN5O2. The fourth-order valence-corrected chi connectivity index (χ4v) is 3.65. The van der Waals surface area contributed by atoms with Gasteiger partial charge in [-0.05, 0) is 54.4 Å². The summed E-state index contributed by atoms with van der Waals surface area (Å²) in [5, 5.41) is 15.5. The zero-order valence-corrected chi connectivity index (χ0v) is 17.4. The third-order valence-electron chi connectivity index (χ3n) is 4.54. The average Bonchev–Trinajstić information content (AvgIpc) is 3.22. The number of aryl methyl sites for hydroxylation is 1. The second-order valence-electron chi connectivity index (χ2n) is 6.78. The van der Waals surface area contributed by atoms with Gasteiger partial charge in [-0.1, -0.05) is 15.9 Å². The van der Waals surface area contributed by atoms with E-state index in [0.29, 0.717) is 6.54 Å². The summed E-state index contributed by atoms with van der Waals surface area (Å²) >= 11 is 3.55. The summed E-state index contributed by atoms with van der Waals surface area (Å²) in [5.41, 5.74) is 3.75. The van der Waals surface area contributed by atoms with Gasteiger partial charge in [0.15, 0.2) is 0 Å². The van der Waals surface area contributed by atoms with Crippen molar-refractivity contribution < 1.29 is 9.84 Å². The van der Waals surface area contributed by atoms with Crippen LogP contribution in [0.4, 0.5) is 0 Å². The molecule has 0 aliphatic carbocycles. The van der Waals surface area contributed by atoms with Gasteiger partial charge in [-0.25, -0.2) is 4.98 Å². The van der Waals surface area contributed by atoms with Crippen LogP contribution in [-0.2, 0) is 11.3 Å². The molecule has 0 amide bonds. The first-order chi connectivity index (χ1) is 14.1. The first-order valence-corrected chi connectivity index (χ1v) is 9.98. The Morgan fingerprint density at radius 2 is 1.97 bits per heavy atom. The monoisotopic (exact) mass is 453 g/mol. The van der Waals surface area contributed by atoms with Crippen molar-refractivity contribution in [3.05, 3.63) is 82.7 Å². The predicted octanol–water partition coefficient (Wildman–Crippen LogP) is 3.46. The normalized spacial score (nSPS) is 13.5. The van der Waals surface area contributed by atoms with E-state index in [1.807, 2.05) is 43.3 Å². The minimum absolute atomic E-state index is 0.143. The van der Waals surface area contributed by atoms with Gasteiger partial charge in [0.05, 0.1) is 24.8 Å². The van der Waals surface area contributed by atoms with E-state index < -0.39 is 6.10 Å². The van der Waals surface area contributed by atoms with Gasteiger partial charge in [-0.15, -0.1) is 0 Å². The summed E-state index contributed by atoms with van der Waals surface area (Å²) in [6, 6.07) is 11.9. The molecule has 1 N–H and O–H groups in total. The van der Waals surface area contributed by atoms with E-state index in [1.54, 1.807) is 23.4 Å². The van der Waals surface area contributed by atoms with E-state index in [0.717, 1.165) is 32.2 Å². The Balaban J connectivity index is 1.68. The van der Waals surface area contributed by atoms with E-state index in [2.05, 4.69) is 36.0 Å². The SMILES string of the molecule is Cc1cc(C(OCC(O)Cn2cncn2)c2ccncc2)c2cc(Br)ccc2n1. The lowest BCUT2D eigenvalue weighted by Crippen LogP contribution is -2.24. The van der Waals surface area contributed by atoms with Crippen LogP contribution in [0, 0.1) is 6.92 Å². The van der Waals surface area contributed by atoms with Crippen molar-refractivity contribution in [3.8, 4) is 0 Å². The quantitative estimate of drug-likeness (QED) is 0.461. The van der Waals surface area contributed by atoms with Gasteiger partial charge in [0.1, 0.15) is 18.8 Å². The molecule has 4 rings (SSSR count). The standard InChI is InChI=1S/C21H20BrN5O2/c1-14-8-19(18-9-16(22)2-3-20(18)26-14)21(15-4-6-23-7-5-15)29-11-17(28)10-27-13-24-12-25-27/h2-9,12-13,17,21,28H,10-11H2,1H3. The number of fused-ring (bicyclic) bond motifs is 1. The highest BCUT2D eigenvalue weighted by molar-refractivity contribution is 9.10. The van der Waals surface area contributed by atoms with Crippen molar-refractivity contribution in [2.24, 2.45) is 0 Å². The van der Waals surface area contributed by atoms with Crippen LogP contribution in [0.5, 0.6) is 0 Å². The number of pyridine rings is 2. The van der Waals surface area contributed by atoms with Gasteiger partial charge in [0, 0.05) is 27.9 Å². The number of aliphatic hydroxyl groups excluding tert-OH is 1. The zero-order valence-electron chi connectivity index (χ0n) is 15.8. The summed E-state index contributed by atoms with van der Waals surface area (Å²) in [7, 11) is 0. The largest absolute Gasteiger partial charge is 0.389 e. The first-order valence-electron chi connectivity index (χ1n) is 9.19. The molecule has 0 fully saturated rings. The van der Waals surface area contributed by atoms with Crippen molar-refractivity contribution in [2.45, 2.75) is 25.7 Å². The Hall–Kier alpha value is -2.68. The maximum atomic E-state index is 10.4. The molecule has 2 unspecified atom stereocenters. The van der Waals surface area contributed by atoms with Crippen LogP contribution < -0.4 is 0 Å². The predicted molar refractivity (Wildman–Crippen MR) is 112 cm³/mol. The summed E-state index contributed by atoms with van der Waals surface area (Å²) in [4.78, 5) is 12.7. The van der Waals surface area contributed by atoms with Gasteiger partial charge in [-0.3, -0.25) is 14.6 Å². The Morgan fingerprint density at radius 3 is 2.72 bits per heavy atom. The molecule has 148 valence electrons. The molecule has 0 bridgehead atoms. The number of nitrogens with zero attached hydrogens (tertiary/aromatic N) is 5. The maximum Gasteiger partial charge on any atom is 0.137 e. The number of halogens is 1. The highest BCUT2D eigenvalue weighted by Crippen LogP contribution is 2.33. The van der Waals surface area contributed by atoms with Crippen LogP contribution in [0.1, 0.15) is 22.9 Å². The van der Waals surface area contributed by atoms with Gasteiger partial charge < -0.3 is 9.84 Å². The molecule has 0 aliphatic heterocycles. The number of rotatable bonds is 7. The molecule has 3 aromatic heterocycles. The first kappa shape index (κ1) is 19.6. The molecule has 4 aromatic rings.